The van der Waals surface area contributed by atoms with Crippen LogP contribution in [0, 0.1) is 6.92 Å². The molecule has 19 heavy (non-hydrogen) atoms. The van der Waals surface area contributed by atoms with Crippen molar-refractivity contribution >= 4 is 34.0 Å². The number of aryl methyl sites for hydroxylation is 1. The maximum atomic E-state index is 11.9. The summed E-state index contributed by atoms with van der Waals surface area (Å²) in [7, 11) is 0. The van der Waals surface area contributed by atoms with Crippen molar-refractivity contribution in [3.63, 3.8) is 0 Å². The number of Topliss-reactive ketones (excluding diaryl/α,β-unsaturated/α-hetero) is 1. The standard InChI is InChI=1S/C13H12N2O2S2/c1-8-11(12(17)15-14-8)13(18)19-7-10(16)9-5-3-2-4-6-9/h2-6H,7H2,1H3,(H2,14,15,17). The van der Waals surface area contributed by atoms with E-state index in [9.17, 15) is 9.59 Å². The van der Waals surface area contributed by atoms with Gasteiger partial charge in [-0.25, -0.2) is 0 Å². The Morgan fingerprint density at radius 3 is 2.53 bits per heavy atom. The molecule has 2 aromatic rings. The molecule has 0 aliphatic rings. The van der Waals surface area contributed by atoms with Crippen LogP contribution in [0.1, 0.15) is 21.6 Å². The summed E-state index contributed by atoms with van der Waals surface area (Å²) in [4.78, 5) is 23.4. The molecule has 0 saturated heterocycles. The monoisotopic (exact) mass is 292 g/mol. The fraction of sp³-hybridized carbons (Fsp3) is 0.154. The van der Waals surface area contributed by atoms with Crippen molar-refractivity contribution in [1.29, 1.82) is 0 Å². The average molecular weight is 292 g/mol. The minimum absolute atomic E-state index is 0.00225. The van der Waals surface area contributed by atoms with E-state index in [1.54, 1.807) is 19.1 Å². The summed E-state index contributed by atoms with van der Waals surface area (Å²) in [6.07, 6.45) is 0. The zero-order chi connectivity index (χ0) is 13.8. The van der Waals surface area contributed by atoms with E-state index < -0.39 is 0 Å². The highest BCUT2D eigenvalue weighted by Crippen LogP contribution is 2.15. The van der Waals surface area contributed by atoms with Crippen LogP contribution in [-0.2, 0) is 0 Å². The largest absolute Gasteiger partial charge is 0.302 e. The molecule has 0 bridgehead atoms. The van der Waals surface area contributed by atoms with Crippen molar-refractivity contribution < 1.29 is 4.79 Å². The molecule has 2 rings (SSSR count). The molecule has 0 aliphatic heterocycles. The van der Waals surface area contributed by atoms with Gasteiger partial charge in [0.1, 0.15) is 0 Å². The number of hydrogen-bond acceptors (Lipinski definition) is 4. The van der Waals surface area contributed by atoms with Crippen molar-refractivity contribution in [1.82, 2.24) is 10.2 Å². The Morgan fingerprint density at radius 1 is 1.26 bits per heavy atom. The molecule has 4 nitrogen and oxygen atoms in total. The fourth-order valence-corrected chi connectivity index (χ4v) is 2.84. The van der Waals surface area contributed by atoms with Crippen LogP contribution in [0.25, 0.3) is 0 Å². The second-order valence-corrected chi connectivity index (χ2v) is 5.60. The van der Waals surface area contributed by atoms with Gasteiger partial charge in [-0.3, -0.25) is 14.7 Å². The summed E-state index contributed by atoms with van der Waals surface area (Å²) >= 11 is 6.40. The third-order valence-corrected chi connectivity index (χ3v) is 4.03. The van der Waals surface area contributed by atoms with E-state index in [0.717, 1.165) is 0 Å². The molecule has 0 radical (unpaired) electrons. The number of H-pyrrole nitrogens is 2. The Balaban J connectivity index is 2.02. The zero-order valence-electron chi connectivity index (χ0n) is 10.2. The summed E-state index contributed by atoms with van der Waals surface area (Å²) in [5.41, 5.74) is 1.54. The lowest BCUT2D eigenvalue weighted by molar-refractivity contribution is 0.102. The Bertz CT molecular complexity index is 659. The van der Waals surface area contributed by atoms with Gasteiger partial charge in [-0.05, 0) is 6.92 Å². The molecular formula is C13H12N2O2S2. The molecular weight excluding hydrogens is 280 g/mol. The number of aromatic nitrogens is 2. The van der Waals surface area contributed by atoms with Crippen LogP contribution in [0.5, 0.6) is 0 Å². The maximum absolute atomic E-state index is 11.9. The second-order valence-electron chi connectivity index (χ2n) is 3.94. The molecule has 6 heteroatoms. The van der Waals surface area contributed by atoms with Crippen LogP contribution < -0.4 is 5.56 Å². The lowest BCUT2D eigenvalue weighted by Gasteiger charge is -2.02. The lowest BCUT2D eigenvalue weighted by atomic mass is 10.2. The molecule has 0 saturated carbocycles. The number of aromatic amines is 2. The van der Waals surface area contributed by atoms with E-state index in [2.05, 4.69) is 10.2 Å². The Morgan fingerprint density at radius 2 is 1.95 bits per heavy atom. The third kappa shape index (κ3) is 3.21. The number of carbonyl (C=O) groups excluding carboxylic acids is 1. The van der Waals surface area contributed by atoms with Gasteiger partial charge in [0.2, 0.25) is 0 Å². The van der Waals surface area contributed by atoms with Crippen molar-refractivity contribution in [2.45, 2.75) is 6.92 Å². The SMILES string of the molecule is Cc1[nH][nH]c(=O)c1C(=S)SCC(=O)c1ccccc1. The van der Waals surface area contributed by atoms with Crippen LogP contribution in [0.15, 0.2) is 35.1 Å². The van der Waals surface area contributed by atoms with Crippen molar-refractivity contribution in [3.8, 4) is 0 Å². The first-order valence-electron chi connectivity index (χ1n) is 5.62. The Kier molecular flexibility index (Phi) is 4.34. The molecule has 2 N–H and O–H groups in total. The van der Waals surface area contributed by atoms with Gasteiger partial charge in [0.15, 0.2) is 5.78 Å². The molecule has 0 atom stereocenters. The molecule has 0 unspecified atom stereocenters. The molecule has 0 fully saturated rings. The third-order valence-electron chi connectivity index (χ3n) is 2.60. The van der Waals surface area contributed by atoms with E-state index in [1.165, 1.54) is 11.8 Å². The van der Waals surface area contributed by atoms with Crippen LogP contribution >= 0.6 is 24.0 Å². The summed E-state index contributed by atoms with van der Waals surface area (Å²) in [6.45, 7) is 1.76. The number of nitrogens with one attached hydrogen (secondary N) is 2. The van der Waals surface area contributed by atoms with Crippen LogP contribution in [0.2, 0.25) is 0 Å². The highest BCUT2D eigenvalue weighted by molar-refractivity contribution is 8.24. The molecule has 0 spiro atoms. The molecule has 1 heterocycles. The predicted molar refractivity (Wildman–Crippen MR) is 81.1 cm³/mol. The Labute approximate surface area is 119 Å². The topological polar surface area (TPSA) is 65.7 Å². The predicted octanol–water partition coefficient (Wildman–Crippen LogP) is 2.30. The zero-order valence-corrected chi connectivity index (χ0v) is 11.9. The van der Waals surface area contributed by atoms with Gasteiger partial charge in [-0.15, -0.1) is 11.8 Å². The number of hydrogen-bond donors (Lipinski definition) is 2. The van der Waals surface area contributed by atoms with Gasteiger partial charge < -0.3 is 5.10 Å². The van der Waals surface area contributed by atoms with E-state index in [-0.39, 0.29) is 17.1 Å². The fourth-order valence-electron chi connectivity index (χ4n) is 1.60. The lowest BCUT2D eigenvalue weighted by Crippen LogP contribution is -2.12. The first-order chi connectivity index (χ1) is 9.09. The van der Waals surface area contributed by atoms with Crippen molar-refractivity contribution in [2.75, 3.05) is 5.75 Å². The number of rotatable bonds is 4. The number of thiocarbonyl (C=S) groups is 1. The highest BCUT2D eigenvalue weighted by atomic mass is 32.2. The van der Waals surface area contributed by atoms with Gasteiger partial charge in [0.25, 0.3) is 5.56 Å². The number of ketones is 1. The van der Waals surface area contributed by atoms with Gasteiger partial charge in [0, 0.05) is 11.3 Å². The summed E-state index contributed by atoms with van der Waals surface area (Å²) in [6, 6.07) is 9.02. The number of benzene rings is 1. The minimum Gasteiger partial charge on any atom is -0.302 e. The molecule has 0 aliphatic carbocycles. The van der Waals surface area contributed by atoms with Gasteiger partial charge in [-0.1, -0.05) is 42.5 Å². The normalized spacial score (nSPS) is 10.4. The molecule has 98 valence electrons. The van der Waals surface area contributed by atoms with Crippen LogP contribution in [-0.4, -0.2) is 25.9 Å². The summed E-state index contributed by atoms with van der Waals surface area (Å²) in [5, 5.41) is 5.18. The van der Waals surface area contributed by atoms with Crippen LogP contribution in [0.3, 0.4) is 0 Å². The maximum Gasteiger partial charge on any atom is 0.273 e. The minimum atomic E-state index is -0.248. The Hall–Kier alpha value is -1.66. The van der Waals surface area contributed by atoms with Crippen molar-refractivity contribution in [2.24, 2.45) is 0 Å². The number of thioether (sulfide) groups is 1. The number of carbonyl (C=O) groups is 1. The molecule has 0 amide bonds. The van der Waals surface area contributed by atoms with Gasteiger partial charge in [0.05, 0.1) is 15.5 Å². The smallest absolute Gasteiger partial charge is 0.273 e. The average Bonchev–Trinajstić information content (AvgIpc) is 2.76. The van der Waals surface area contributed by atoms with Gasteiger partial charge in [-0.2, -0.15) is 0 Å². The highest BCUT2D eigenvalue weighted by Gasteiger charge is 2.14. The van der Waals surface area contributed by atoms with E-state index in [0.29, 0.717) is 21.0 Å². The second kappa shape index (κ2) is 5.99. The van der Waals surface area contributed by atoms with E-state index in [1.807, 2.05) is 18.2 Å². The molecule has 1 aromatic heterocycles. The van der Waals surface area contributed by atoms with E-state index in [4.69, 9.17) is 12.2 Å². The summed E-state index contributed by atoms with van der Waals surface area (Å²) in [5.74, 6) is 0.227. The first-order valence-corrected chi connectivity index (χ1v) is 7.01. The first kappa shape index (κ1) is 13.8. The molecule has 1 aromatic carbocycles. The van der Waals surface area contributed by atoms with Gasteiger partial charge >= 0.3 is 0 Å². The summed E-state index contributed by atoms with van der Waals surface area (Å²) < 4.78 is 0.435. The van der Waals surface area contributed by atoms with E-state index >= 15 is 0 Å². The van der Waals surface area contributed by atoms with Crippen molar-refractivity contribution in [3.05, 3.63) is 57.5 Å². The quantitative estimate of drug-likeness (QED) is 0.670. The van der Waals surface area contributed by atoms with Crippen LogP contribution in [0.4, 0.5) is 0 Å².